The fourth-order valence-electron chi connectivity index (χ4n) is 8.60. The Kier molecular flexibility index (Phi) is 3.61. The Morgan fingerprint density at radius 3 is 2.53 bits per heavy atom. The van der Waals surface area contributed by atoms with Crippen LogP contribution in [-0.2, 0) is 33.2 Å². The second kappa shape index (κ2) is 5.68. The predicted octanol–water partition coefficient (Wildman–Crippen LogP) is 3.45. The smallest absolute Gasteiger partial charge is 0.458 e. The summed E-state index contributed by atoms with van der Waals surface area (Å²) < 4.78 is 37.0. The van der Waals surface area contributed by atoms with Crippen LogP contribution in [0.4, 0.5) is 4.79 Å². The van der Waals surface area contributed by atoms with E-state index in [0.29, 0.717) is 13.0 Å². The van der Waals surface area contributed by atoms with Gasteiger partial charge in [-0.25, -0.2) is 9.59 Å². The lowest BCUT2D eigenvalue weighted by molar-refractivity contribution is -0.137. The monoisotopic (exact) mass is 474 g/mol. The molecule has 8 heteroatoms. The zero-order valence-corrected chi connectivity index (χ0v) is 21.0. The third kappa shape index (κ3) is 2.04. The minimum Gasteiger partial charge on any atom is -0.458 e. The van der Waals surface area contributed by atoms with Gasteiger partial charge in [0.2, 0.25) is 0 Å². The molecule has 9 atom stereocenters. The van der Waals surface area contributed by atoms with Crippen molar-refractivity contribution in [1.82, 2.24) is 0 Å². The molecule has 3 saturated heterocycles. The van der Waals surface area contributed by atoms with Gasteiger partial charge in [-0.2, -0.15) is 0 Å². The van der Waals surface area contributed by atoms with Crippen molar-refractivity contribution in [2.75, 3.05) is 6.61 Å². The van der Waals surface area contributed by atoms with Gasteiger partial charge in [0.25, 0.3) is 0 Å². The molecule has 0 amide bonds. The van der Waals surface area contributed by atoms with Crippen LogP contribution in [0.5, 0.6) is 0 Å². The molecule has 2 saturated carbocycles. The SMILES string of the molecule is CC(C)[C@]12O[C@H]1[C@@H]1O[C@]13[C@]1(O[C@H]1C[C@@]1(C)C4=C(CC[C@]31C)C(=O)OC4)[C@@H]2OC(=O)OC(C)(C)C. The van der Waals surface area contributed by atoms with Crippen LogP contribution >= 0.6 is 0 Å². The summed E-state index contributed by atoms with van der Waals surface area (Å²) in [5.41, 5.74) is -1.44. The number of hydrogen-bond acceptors (Lipinski definition) is 8. The molecule has 34 heavy (non-hydrogen) atoms. The lowest BCUT2D eigenvalue weighted by Crippen LogP contribution is -2.72. The molecule has 0 N–H and O–H groups in total. The van der Waals surface area contributed by atoms with Crippen molar-refractivity contribution in [1.29, 1.82) is 0 Å². The number of carbonyl (C=O) groups is 2. The molecule has 5 fully saturated rings. The highest BCUT2D eigenvalue weighted by molar-refractivity contribution is 5.92. The van der Waals surface area contributed by atoms with Crippen LogP contribution in [0, 0.1) is 16.7 Å². The number of epoxide rings is 3. The molecule has 4 heterocycles. The molecule has 186 valence electrons. The topological polar surface area (TPSA) is 99.4 Å². The summed E-state index contributed by atoms with van der Waals surface area (Å²) in [6.07, 6.45) is 0.405. The lowest BCUT2D eigenvalue weighted by Gasteiger charge is -2.59. The van der Waals surface area contributed by atoms with Gasteiger partial charge in [0.15, 0.2) is 11.7 Å². The summed E-state index contributed by atoms with van der Waals surface area (Å²) in [5.74, 6) is -0.0780. The normalized spacial score (nSPS) is 53.5. The number of esters is 1. The summed E-state index contributed by atoms with van der Waals surface area (Å²) in [6, 6.07) is 0. The molecule has 7 rings (SSSR count). The van der Waals surface area contributed by atoms with Crippen molar-refractivity contribution in [2.24, 2.45) is 16.7 Å². The number of fused-ring (bicyclic) bond motifs is 4. The van der Waals surface area contributed by atoms with Gasteiger partial charge in [-0.3, -0.25) is 0 Å². The van der Waals surface area contributed by atoms with Crippen molar-refractivity contribution >= 4 is 12.1 Å². The minimum atomic E-state index is -0.776. The maximum atomic E-state index is 13.0. The van der Waals surface area contributed by atoms with E-state index in [9.17, 15) is 9.59 Å². The van der Waals surface area contributed by atoms with Crippen molar-refractivity contribution in [3.63, 3.8) is 0 Å². The molecular weight excluding hydrogens is 440 g/mol. The maximum absolute atomic E-state index is 13.0. The molecule has 2 spiro atoms. The average molecular weight is 475 g/mol. The van der Waals surface area contributed by atoms with Gasteiger partial charge in [0, 0.05) is 16.4 Å². The number of hydrogen-bond donors (Lipinski definition) is 0. The fraction of sp³-hybridized carbons (Fsp3) is 0.846. The third-order valence-corrected chi connectivity index (χ3v) is 10.4. The van der Waals surface area contributed by atoms with Crippen molar-refractivity contribution in [3.05, 3.63) is 11.1 Å². The van der Waals surface area contributed by atoms with Gasteiger partial charge >= 0.3 is 12.1 Å². The number of rotatable bonds is 2. The Labute approximate surface area is 199 Å². The Morgan fingerprint density at radius 2 is 1.85 bits per heavy atom. The van der Waals surface area contributed by atoms with E-state index < -0.39 is 34.7 Å². The third-order valence-electron chi connectivity index (χ3n) is 10.4. The Balaban J connectivity index is 1.34. The van der Waals surface area contributed by atoms with Crippen LogP contribution in [0.25, 0.3) is 0 Å². The quantitative estimate of drug-likeness (QED) is 0.443. The van der Waals surface area contributed by atoms with E-state index in [4.69, 9.17) is 28.4 Å². The number of cyclic esters (lactones) is 1. The highest BCUT2D eigenvalue weighted by Crippen LogP contribution is 2.85. The van der Waals surface area contributed by atoms with Crippen LogP contribution in [0.2, 0.25) is 0 Å². The molecule has 0 aromatic heterocycles. The fourth-order valence-corrected chi connectivity index (χ4v) is 8.60. The molecule has 4 aliphatic heterocycles. The Bertz CT molecular complexity index is 1070. The van der Waals surface area contributed by atoms with Gasteiger partial charge in [0.1, 0.15) is 35.6 Å². The van der Waals surface area contributed by atoms with Crippen molar-refractivity contribution in [3.8, 4) is 0 Å². The van der Waals surface area contributed by atoms with Crippen LogP contribution in [0.1, 0.15) is 67.7 Å². The molecule has 7 aliphatic rings. The van der Waals surface area contributed by atoms with Crippen LogP contribution in [-0.4, -0.2) is 65.6 Å². The highest BCUT2D eigenvalue weighted by atomic mass is 16.8. The Morgan fingerprint density at radius 1 is 1.12 bits per heavy atom. The summed E-state index contributed by atoms with van der Waals surface area (Å²) in [4.78, 5) is 25.4. The summed E-state index contributed by atoms with van der Waals surface area (Å²) >= 11 is 0. The minimum absolute atomic E-state index is 0.106. The van der Waals surface area contributed by atoms with Gasteiger partial charge < -0.3 is 28.4 Å². The van der Waals surface area contributed by atoms with Crippen LogP contribution in [0.15, 0.2) is 11.1 Å². The molecule has 0 bridgehead atoms. The summed E-state index contributed by atoms with van der Waals surface area (Å²) in [7, 11) is 0. The van der Waals surface area contributed by atoms with Crippen LogP contribution in [0.3, 0.4) is 0 Å². The second-order valence-electron chi connectivity index (χ2n) is 13.1. The van der Waals surface area contributed by atoms with Crippen molar-refractivity contribution < 1.29 is 38.0 Å². The molecule has 3 aliphatic carbocycles. The van der Waals surface area contributed by atoms with E-state index in [-0.39, 0.29) is 41.0 Å². The first-order valence-electron chi connectivity index (χ1n) is 12.6. The first-order valence-corrected chi connectivity index (χ1v) is 12.6. The first kappa shape index (κ1) is 21.6. The van der Waals surface area contributed by atoms with E-state index in [1.165, 1.54) is 0 Å². The standard InChI is InChI=1S/C26H34O8/c1-12(2)24-16(32-24)17-26(33-17)23(7)9-8-13-14(11-29-18(13)27)22(23,6)10-15-25(26,31-15)19(24)30-20(28)34-21(3,4)5/h12,15-17,19H,8-11H2,1-7H3/t15-,16-,17-,19+,22-,23-,24-,25+,26+/m0/s1. The van der Waals surface area contributed by atoms with Gasteiger partial charge in [-0.05, 0) is 51.5 Å². The molecule has 0 aromatic rings. The maximum Gasteiger partial charge on any atom is 0.509 e. The zero-order chi connectivity index (χ0) is 24.3. The lowest BCUT2D eigenvalue weighted by atomic mass is 9.41. The Hall–Kier alpha value is -1.64. The molecule has 0 aromatic carbocycles. The highest BCUT2D eigenvalue weighted by Gasteiger charge is 3.02. The van der Waals surface area contributed by atoms with E-state index >= 15 is 0 Å². The average Bonchev–Trinajstić information content (AvgIpc) is 3.61. The zero-order valence-electron chi connectivity index (χ0n) is 21.0. The second-order valence-corrected chi connectivity index (χ2v) is 13.1. The van der Waals surface area contributed by atoms with E-state index in [2.05, 4.69) is 27.7 Å². The molecule has 0 unspecified atom stereocenters. The largest absolute Gasteiger partial charge is 0.509 e. The summed E-state index contributed by atoms with van der Waals surface area (Å²) in [6.45, 7) is 14.5. The molecule has 8 nitrogen and oxygen atoms in total. The van der Waals surface area contributed by atoms with E-state index in [0.717, 1.165) is 24.0 Å². The summed E-state index contributed by atoms with van der Waals surface area (Å²) in [5, 5.41) is 0. The molecule has 0 radical (unpaired) electrons. The number of ether oxygens (including phenoxy) is 6. The number of carbonyl (C=O) groups excluding carboxylic acids is 2. The molecular formula is C26H34O8. The van der Waals surface area contributed by atoms with Gasteiger partial charge in [-0.15, -0.1) is 0 Å². The van der Waals surface area contributed by atoms with Gasteiger partial charge in [0.05, 0.1) is 6.10 Å². The van der Waals surface area contributed by atoms with E-state index in [1.54, 1.807) is 0 Å². The predicted molar refractivity (Wildman–Crippen MR) is 117 cm³/mol. The first-order chi connectivity index (χ1) is 15.8. The van der Waals surface area contributed by atoms with Crippen molar-refractivity contribution in [2.45, 2.75) is 115 Å². The van der Waals surface area contributed by atoms with Crippen LogP contribution < -0.4 is 0 Å². The van der Waals surface area contributed by atoms with Gasteiger partial charge in [-0.1, -0.05) is 27.7 Å². The van der Waals surface area contributed by atoms with E-state index in [1.807, 2.05) is 20.8 Å².